The van der Waals surface area contributed by atoms with Gasteiger partial charge >= 0.3 is 0 Å². The third kappa shape index (κ3) is 1.84. The lowest BCUT2D eigenvalue weighted by molar-refractivity contribution is -0.385. The molecule has 16 heavy (non-hydrogen) atoms. The maximum atomic E-state index is 13.4. The molecule has 0 aliphatic rings. The van der Waals surface area contributed by atoms with E-state index in [4.69, 9.17) is 5.11 Å². The van der Waals surface area contributed by atoms with E-state index in [2.05, 4.69) is 0 Å². The zero-order valence-corrected chi connectivity index (χ0v) is 8.23. The number of nitrogens with zero attached hydrogens (tertiary/aromatic N) is 1. The predicted octanol–water partition coefficient (Wildman–Crippen LogP) is 1.13. The Hall–Kier alpha value is -2.02. The maximum Gasteiger partial charge on any atom is 0.283 e. The van der Waals surface area contributed by atoms with Crippen molar-refractivity contribution in [1.82, 2.24) is 0 Å². The summed E-state index contributed by atoms with van der Waals surface area (Å²) in [6.07, 6.45) is 0. The number of halogens is 1. The fourth-order valence-electron chi connectivity index (χ4n) is 1.28. The molecule has 0 unspecified atom stereocenters. The SMILES string of the molecule is CC(=O)c1c([N+](=O)[O-])cc(CO)c(O)c1F. The molecule has 0 aliphatic heterocycles. The molecule has 7 heteroatoms. The highest BCUT2D eigenvalue weighted by molar-refractivity contribution is 5.99. The van der Waals surface area contributed by atoms with Gasteiger partial charge in [-0.3, -0.25) is 14.9 Å². The van der Waals surface area contributed by atoms with Crippen LogP contribution in [0.4, 0.5) is 10.1 Å². The monoisotopic (exact) mass is 229 g/mol. The molecular formula is C9H8FNO5. The van der Waals surface area contributed by atoms with Crippen LogP contribution < -0.4 is 0 Å². The number of benzene rings is 1. The molecule has 1 rings (SSSR count). The molecule has 86 valence electrons. The summed E-state index contributed by atoms with van der Waals surface area (Å²) in [5, 5.41) is 28.5. The number of nitro groups is 1. The quantitative estimate of drug-likeness (QED) is 0.459. The molecule has 0 bridgehead atoms. The van der Waals surface area contributed by atoms with Crippen LogP contribution in [0.2, 0.25) is 0 Å². The van der Waals surface area contributed by atoms with E-state index in [0.29, 0.717) is 0 Å². The number of aliphatic hydroxyl groups is 1. The maximum absolute atomic E-state index is 13.4. The fraction of sp³-hybridized carbons (Fsp3) is 0.222. The van der Waals surface area contributed by atoms with E-state index >= 15 is 0 Å². The van der Waals surface area contributed by atoms with Crippen molar-refractivity contribution < 1.29 is 24.3 Å². The number of rotatable bonds is 3. The van der Waals surface area contributed by atoms with E-state index in [9.17, 15) is 24.4 Å². The number of Topliss-reactive ketones (excluding diaryl/α,β-unsaturated/α-hetero) is 1. The fourth-order valence-corrected chi connectivity index (χ4v) is 1.28. The minimum atomic E-state index is -1.38. The van der Waals surface area contributed by atoms with Crippen LogP contribution in [0, 0.1) is 15.9 Å². The Morgan fingerprint density at radius 1 is 1.62 bits per heavy atom. The zero-order valence-electron chi connectivity index (χ0n) is 8.23. The number of hydrogen-bond acceptors (Lipinski definition) is 5. The number of carbonyl (C=O) groups is 1. The van der Waals surface area contributed by atoms with Gasteiger partial charge in [0.1, 0.15) is 5.56 Å². The number of nitro benzene ring substituents is 1. The second kappa shape index (κ2) is 4.23. The summed E-state index contributed by atoms with van der Waals surface area (Å²) in [5.74, 6) is -3.20. The molecule has 0 radical (unpaired) electrons. The molecule has 0 amide bonds. The summed E-state index contributed by atoms with van der Waals surface area (Å²) in [6, 6.07) is 0.773. The van der Waals surface area contributed by atoms with Crippen LogP contribution in [0.3, 0.4) is 0 Å². The summed E-state index contributed by atoms with van der Waals surface area (Å²) in [5.41, 5.74) is -1.90. The first kappa shape index (κ1) is 12.1. The largest absolute Gasteiger partial charge is 0.505 e. The number of hydrogen-bond donors (Lipinski definition) is 2. The first-order chi connectivity index (χ1) is 7.40. The lowest BCUT2D eigenvalue weighted by Crippen LogP contribution is -2.06. The summed E-state index contributed by atoms with van der Waals surface area (Å²) in [6.45, 7) is 0.186. The van der Waals surface area contributed by atoms with Crippen molar-refractivity contribution in [3.05, 3.63) is 33.1 Å². The van der Waals surface area contributed by atoms with Crippen molar-refractivity contribution in [2.24, 2.45) is 0 Å². The Morgan fingerprint density at radius 2 is 2.19 bits per heavy atom. The van der Waals surface area contributed by atoms with Gasteiger partial charge in [0.25, 0.3) is 5.69 Å². The molecule has 2 N–H and O–H groups in total. The van der Waals surface area contributed by atoms with Crippen LogP contribution in [-0.4, -0.2) is 20.9 Å². The van der Waals surface area contributed by atoms with Gasteiger partial charge in [-0.25, -0.2) is 4.39 Å². The molecule has 0 spiro atoms. The van der Waals surface area contributed by atoms with Crippen LogP contribution in [0.25, 0.3) is 0 Å². The number of ketones is 1. The molecular weight excluding hydrogens is 221 g/mol. The van der Waals surface area contributed by atoms with Crippen LogP contribution in [0.1, 0.15) is 22.8 Å². The third-order valence-electron chi connectivity index (χ3n) is 2.02. The van der Waals surface area contributed by atoms with Gasteiger partial charge in [0.2, 0.25) is 0 Å². The summed E-state index contributed by atoms with van der Waals surface area (Å²) in [4.78, 5) is 20.7. The van der Waals surface area contributed by atoms with Crippen LogP contribution in [-0.2, 0) is 6.61 Å². The third-order valence-corrected chi connectivity index (χ3v) is 2.02. The van der Waals surface area contributed by atoms with E-state index in [0.717, 1.165) is 13.0 Å². The van der Waals surface area contributed by atoms with Gasteiger partial charge < -0.3 is 10.2 Å². The second-order valence-corrected chi connectivity index (χ2v) is 3.06. The number of aromatic hydroxyl groups is 1. The van der Waals surface area contributed by atoms with Crippen LogP contribution in [0.15, 0.2) is 6.07 Å². The van der Waals surface area contributed by atoms with E-state index in [-0.39, 0.29) is 5.56 Å². The molecule has 0 fully saturated rings. The van der Waals surface area contributed by atoms with Crippen molar-refractivity contribution >= 4 is 11.5 Å². The Balaban J connectivity index is 3.65. The standard InChI is InChI=1S/C9H8FNO5/c1-4(13)7-6(11(15)16)2-5(3-12)9(14)8(7)10/h2,12,14H,3H2,1H3. The lowest BCUT2D eigenvalue weighted by Gasteiger charge is -2.06. The molecule has 1 aromatic rings. The van der Waals surface area contributed by atoms with Gasteiger partial charge in [0.15, 0.2) is 17.3 Å². The van der Waals surface area contributed by atoms with E-state index in [1.165, 1.54) is 0 Å². The summed E-state index contributed by atoms with van der Waals surface area (Å²) in [7, 11) is 0. The van der Waals surface area contributed by atoms with Crippen LogP contribution >= 0.6 is 0 Å². The Bertz CT molecular complexity index is 471. The van der Waals surface area contributed by atoms with Gasteiger partial charge in [0, 0.05) is 11.6 Å². The smallest absolute Gasteiger partial charge is 0.283 e. The Morgan fingerprint density at radius 3 is 2.56 bits per heavy atom. The van der Waals surface area contributed by atoms with E-state index < -0.39 is 40.1 Å². The van der Waals surface area contributed by atoms with Crippen LogP contribution in [0.5, 0.6) is 5.75 Å². The lowest BCUT2D eigenvalue weighted by atomic mass is 10.0. The normalized spacial score (nSPS) is 10.2. The minimum absolute atomic E-state index is 0.339. The number of aliphatic hydroxyl groups excluding tert-OH is 1. The predicted molar refractivity (Wildman–Crippen MR) is 50.6 cm³/mol. The average Bonchev–Trinajstić information content (AvgIpc) is 2.20. The molecule has 0 aliphatic carbocycles. The topological polar surface area (TPSA) is 101 Å². The first-order valence-electron chi connectivity index (χ1n) is 4.20. The van der Waals surface area contributed by atoms with Gasteiger partial charge in [-0.2, -0.15) is 0 Å². The van der Waals surface area contributed by atoms with E-state index in [1.54, 1.807) is 0 Å². The van der Waals surface area contributed by atoms with Crippen molar-refractivity contribution in [1.29, 1.82) is 0 Å². The van der Waals surface area contributed by atoms with Gasteiger partial charge in [-0.05, 0) is 6.92 Å². The second-order valence-electron chi connectivity index (χ2n) is 3.06. The molecule has 0 saturated heterocycles. The molecule has 1 aromatic carbocycles. The van der Waals surface area contributed by atoms with Crippen molar-refractivity contribution in [3.63, 3.8) is 0 Å². The molecule has 0 atom stereocenters. The average molecular weight is 229 g/mol. The highest BCUT2D eigenvalue weighted by Crippen LogP contribution is 2.32. The molecule has 6 nitrogen and oxygen atoms in total. The van der Waals surface area contributed by atoms with Crippen molar-refractivity contribution in [2.75, 3.05) is 0 Å². The Kier molecular flexibility index (Phi) is 3.19. The Labute approximate surface area is 89.1 Å². The molecule has 0 heterocycles. The highest BCUT2D eigenvalue weighted by atomic mass is 19.1. The number of carbonyl (C=O) groups excluding carboxylic acids is 1. The summed E-state index contributed by atoms with van der Waals surface area (Å²) < 4.78 is 13.4. The van der Waals surface area contributed by atoms with Crippen molar-refractivity contribution in [3.8, 4) is 5.75 Å². The van der Waals surface area contributed by atoms with Gasteiger partial charge in [0.05, 0.1) is 11.5 Å². The number of phenols is 1. The van der Waals surface area contributed by atoms with Gasteiger partial charge in [-0.15, -0.1) is 0 Å². The minimum Gasteiger partial charge on any atom is -0.505 e. The summed E-state index contributed by atoms with van der Waals surface area (Å²) >= 11 is 0. The van der Waals surface area contributed by atoms with Crippen molar-refractivity contribution in [2.45, 2.75) is 13.5 Å². The molecule has 0 aromatic heterocycles. The van der Waals surface area contributed by atoms with Gasteiger partial charge in [-0.1, -0.05) is 0 Å². The van der Waals surface area contributed by atoms with E-state index in [1.807, 2.05) is 0 Å². The zero-order chi connectivity index (χ0) is 12.5. The highest BCUT2D eigenvalue weighted by Gasteiger charge is 2.27. The molecule has 0 saturated carbocycles. The first-order valence-corrected chi connectivity index (χ1v) is 4.20.